The van der Waals surface area contributed by atoms with Crippen LogP contribution >= 0.6 is 24.0 Å². The van der Waals surface area contributed by atoms with E-state index >= 15 is 0 Å². The molecule has 1 fully saturated rings. The summed E-state index contributed by atoms with van der Waals surface area (Å²) in [6, 6.07) is 6.70. The molecular weight excluding hydrogens is 255 g/mol. The molecule has 1 aromatic rings. The molecule has 1 unspecified atom stereocenters. The molecule has 0 bridgehead atoms. The van der Waals surface area contributed by atoms with Crippen molar-refractivity contribution in [1.82, 2.24) is 4.90 Å². The van der Waals surface area contributed by atoms with E-state index in [0.717, 1.165) is 18.1 Å². The highest BCUT2D eigenvalue weighted by molar-refractivity contribution is 6.30. The molecular formula is C13H20Cl2N2. The highest BCUT2D eigenvalue weighted by Crippen LogP contribution is 2.22. The maximum absolute atomic E-state index is 5.96. The van der Waals surface area contributed by atoms with Crippen molar-refractivity contribution in [2.24, 2.45) is 5.73 Å². The topological polar surface area (TPSA) is 29.3 Å². The summed E-state index contributed by atoms with van der Waals surface area (Å²) < 4.78 is 0. The quantitative estimate of drug-likeness (QED) is 0.918. The Balaban J connectivity index is 0.00000144. The predicted octanol–water partition coefficient (Wildman–Crippen LogP) is 2.99. The third kappa shape index (κ3) is 3.59. The Morgan fingerprint density at radius 1 is 1.47 bits per heavy atom. The van der Waals surface area contributed by atoms with E-state index in [1.54, 1.807) is 0 Å². The Labute approximate surface area is 115 Å². The van der Waals surface area contributed by atoms with E-state index in [0.29, 0.717) is 6.04 Å². The SMILES string of the molecule is Cc1cc(Cl)ccc1CN1CCCC1CN.Cl. The van der Waals surface area contributed by atoms with Gasteiger partial charge in [-0.25, -0.2) is 0 Å². The first kappa shape index (κ1) is 14.8. The number of halogens is 2. The van der Waals surface area contributed by atoms with Crippen LogP contribution in [0, 0.1) is 6.92 Å². The van der Waals surface area contributed by atoms with E-state index < -0.39 is 0 Å². The summed E-state index contributed by atoms with van der Waals surface area (Å²) in [6.45, 7) is 5.07. The molecule has 0 aliphatic carbocycles. The summed E-state index contributed by atoms with van der Waals surface area (Å²) in [5.41, 5.74) is 8.42. The molecule has 0 aromatic heterocycles. The van der Waals surface area contributed by atoms with Crippen molar-refractivity contribution < 1.29 is 0 Å². The molecule has 0 radical (unpaired) electrons. The summed E-state index contributed by atoms with van der Waals surface area (Å²) in [6.07, 6.45) is 2.51. The van der Waals surface area contributed by atoms with E-state index in [-0.39, 0.29) is 12.4 Å². The van der Waals surface area contributed by atoms with E-state index in [4.69, 9.17) is 17.3 Å². The van der Waals surface area contributed by atoms with Crippen molar-refractivity contribution in [2.75, 3.05) is 13.1 Å². The summed E-state index contributed by atoms with van der Waals surface area (Å²) in [7, 11) is 0. The van der Waals surface area contributed by atoms with Crippen molar-refractivity contribution in [3.63, 3.8) is 0 Å². The summed E-state index contributed by atoms with van der Waals surface area (Å²) in [4.78, 5) is 2.48. The maximum atomic E-state index is 5.96. The highest BCUT2D eigenvalue weighted by Gasteiger charge is 2.23. The third-order valence-electron chi connectivity index (χ3n) is 3.45. The number of hydrogen-bond donors (Lipinski definition) is 1. The number of hydrogen-bond acceptors (Lipinski definition) is 2. The summed E-state index contributed by atoms with van der Waals surface area (Å²) in [5, 5.41) is 0.818. The molecule has 2 rings (SSSR count). The maximum Gasteiger partial charge on any atom is 0.0408 e. The fourth-order valence-electron chi connectivity index (χ4n) is 2.43. The van der Waals surface area contributed by atoms with Crippen molar-refractivity contribution in [1.29, 1.82) is 0 Å². The van der Waals surface area contributed by atoms with E-state index in [2.05, 4.69) is 17.9 Å². The van der Waals surface area contributed by atoms with Crippen LogP contribution in [0.4, 0.5) is 0 Å². The molecule has 0 saturated carbocycles. The summed E-state index contributed by atoms with van der Waals surface area (Å²) >= 11 is 5.96. The van der Waals surface area contributed by atoms with Crippen LogP contribution in [0.1, 0.15) is 24.0 Å². The molecule has 2 N–H and O–H groups in total. The fourth-order valence-corrected chi connectivity index (χ4v) is 2.65. The Hall–Kier alpha value is -0.280. The van der Waals surface area contributed by atoms with Gasteiger partial charge in [0.25, 0.3) is 0 Å². The standard InChI is InChI=1S/C13H19ClN2.ClH/c1-10-7-12(14)5-4-11(10)9-16-6-2-3-13(16)8-15;/h4-5,7,13H,2-3,6,8-9,15H2,1H3;1H. The third-order valence-corrected chi connectivity index (χ3v) is 3.68. The zero-order chi connectivity index (χ0) is 11.5. The molecule has 1 atom stereocenters. The van der Waals surface area contributed by atoms with Gasteiger partial charge in [-0.1, -0.05) is 17.7 Å². The van der Waals surface area contributed by atoms with Gasteiger partial charge in [-0.05, 0) is 49.6 Å². The van der Waals surface area contributed by atoms with E-state index in [1.807, 2.05) is 12.1 Å². The number of nitrogens with two attached hydrogens (primary N) is 1. The highest BCUT2D eigenvalue weighted by atomic mass is 35.5. The zero-order valence-corrected chi connectivity index (χ0v) is 11.7. The van der Waals surface area contributed by atoms with Crippen LogP contribution in [-0.2, 0) is 6.54 Å². The van der Waals surface area contributed by atoms with Gasteiger partial charge in [0.15, 0.2) is 0 Å². The van der Waals surface area contributed by atoms with Crippen LogP contribution in [0.25, 0.3) is 0 Å². The second-order valence-electron chi connectivity index (χ2n) is 4.57. The van der Waals surface area contributed by atoms with Crippen LogP contribution in [0.5, 0.6) is 0 Å². The Kier molecular flexibility index (Phi) is 5.74. The number of aryl methyl sites for hydroxylation is 1. The molecule has 1 heterocycles. The van der Waals surface area contributed by atoms with Gasteiger partial charge in [0, 0.05) is 24.2 Å². The lowest BCUT2D eigenvalue weighted by molar-refractivity contribution is 0.250. The van der Waals surface area contributed by atoms with Crippen molar-refractivity contribution in [3.05, 3.63) is 34.3 Å². The van der Waals surface area contributed by atoms with Crippen LogP contribution in [0.2, 0.25) is 5.02 Å². The van der Waals surface area contributed by atoms with Gasteiger partial charge in [0.2, 0.25) is 0 Å². The first-order valence-electron chi connectivity index (χ1n) is 5.90. The van der Waals surface area contributed by atoms with Gasteiger partial charge >= 0.3 is 0 Å². The lowest BCUT2D eigenvalue weighted by atomic mass is 10.1. The Bertz CT molecular complexity index is 368. The van der Waals surface area contributed by atoms with Gasteiger partial charge < -0.3 is 5.73 Å². The zero-order valence-electron chi connectivity index (χ0n) is 10.2. The van der Waals surface area contributed by atoms with Crippen LogP contribution in [0.3, 0.4) is 0 Å². The average molecular weight is 275 g/mol. The fraction of sp³-hybridized carbons (Fsp3) is 0.538. The minimum Gasteiger partial charge on any atom is -0.329 e. The second-order valence-corrected chi connectivity index (χ2v) is 5.01. The van der Waals surface area contributed by atoms with Gasteiger partial charge in [-0.2, -0.15) is 0 Å². The first-order valence-corrected chi connectivity index (χ1v) is 6.27. The van der Waals surface area contributed by atoms with Gasteiger partial charge in [-0.3, -0.25) is 4.90 Å². The minimum atomic E-state index is 0. The smallest absolute Gasteiger partial charge is 0.0408 e. The largest absolute Gasteiger partial charge is 0.329 e. The molecule has 96 valence electrons. The van der Waals surface area contributed by atoms with Gasteiger partial charge in [0.05, 0.1) is 0 Å². The van der Waals surface area contributed by atoms with Gasteiger partial charge in [0.1, 0.15) is 0 Å². The Morgan fingerprint density at radius 2 is 2.24 bits per heavy atom. The second kappa shape index (κ2) is 6.60. The van der Waals surface area contributed by atoms with E-state index in [9.17, 15) is 0 Å². The molecule has 1 aromatic carbocycles. The lowest BCUT2D eigenvalue weighted by Crippen LogP contribution is -2.35. The molecule has 0 spiro atoms. The predicted molar refractivity (Wildman–Crippen MR) is 75.9 cm³/mol. The average Bonchev–Trinajstić information content (AvgIpc) is 2.69. The van der Waals surface area contributed by atoms with Crippen LogP contribution in [0.15, 0.2) is 18.2 Å². The van der Waals surface area contributed by atoms with Crippen molar-refractivity contribution in [3.8, 4) is 0 Å². The molecule has 2 nitrogen and oxygen atoms in total. The van der Waals surface area contributed by atoms with E-state index in [1.165, 1.54) is 30.5 Å². The molecule has 0 amide bonds. The first-order chi connectivity index (χ1) is 7.70. The number of benzene rings is 1. The Morgan fingerprint density at radius 3 is 2.88 bits per heavy atom. The number of nitrogens with zero attached hydrogens (tertiary/aromatic N) is 1. The van der Waals surface area contributed by atoms with Crippen molar-refractivity contribution in [2.45, 2.75) is 32.4 Å². The van der Waals surface area contributed by atoms with Crippen LogP contribution < -0.4 is 5.73 Å². The van der Waals surface area contributed by atoms with Crippen LogP contribution in [-0.4, -0.2) is 24.0 Å². The van der Waals surface area contributed by atoms with Gasteiger partial charge in [-0.15, -0.1) is 12.4 Å². The monoisotopic (exact) mass is 274 g/mol. The number of rotatable bonds is 3. The normalized spacial score (nSPS) is 20.3. The lowest BCUT2D eigenvalue weighted by Gasteiger charge is -2.24. The molecule has 1 aliphatic heterocycles. The molecule has 1 saturated heterocycles. The molecule has 17 heavy (non-hydrogen) atoms. The van der Waals surface area contributed by atoms with Crippen molar-refractivity contribution >= 4 is 24.0 Å². The molecule has 4 heteroatoms. The number of likely N-dealkylation sites (tertiary alicyclic amines) is 1. The summed E-state index contributed by atoms with van der Waals surface area (Å²) in [5.74, 6) is 0. The minimum absolute atomic E-state index is 0. The molecule has 1 aliphatic rings.